The van der Waals surface area contributed by atoms with Gasteiger partial charge in [-0.15, -0.1) is 23.1 Å². The molecule has 1 aliphatic heterocycles. The topological polar surface area (TPSA) is 81.7 Å². The lowest BCUT2D eigenvalue weighted by molar-refractivity contribution is -0.122. The molecule has 1 aliphatic rings. The molecule has 0 atom stereocenters. The summed E-state index contributed by atoms with van der Waals surface area (Å²) in [6.45, 7) is 0.974. The van der Waals surface area contributed by atoms with Crippen molar-refractivity contribution in [1.29, 1.82) is 0 Å². The highest BCUT2D eigenvalue weighted by atomic mass is 32.2. The first-order valence-corrected chi connectivity index (χ1v) is 11.0. The molecular formula is C20H21NO5S2. The molecule has 0 radical (unpaired) electrons. The van der Waals surface area contributed by atoms with Gasteiger partial charge in [-0.1, -0.05) is 6.07 Å². The highest BCUT2D eigenvalue weighted by Gasteiger charge is 2.17. The number of ether oxygens (including phenoxy) is 2. The fraction of sp³-hybridized carbons (Fsp3) is 0.350. The zero-order valence-corrected chi connectivity index (χ0v) is 17.1. The first-order valence-electron chi connectivity index (χ1n) is 8.92. The van der Waals surface area contributed by atoms with Crippen LogP contribution >= 0.6 is 23.1 Å². The minimum absolute atomic E-state index is 0.0336. The summed E-state index contributed by atoms with van der Waals surface area (Å²) in [5.41, 5.74) is 0.641. The Labute approximate surface area is 171 Å². The van der Waals surface area contributed by atoms with Crippen molar-refractivity contribution in [3.63, 3.8) is 0 Å². The maximum Gasteiger partial charge on any atom is 0.224 e. The third-order valence-electron chi connectivity index (χ3n) is 4.20. The summed E-state index contributed by atoms with van der Waals surface area (Å²) < 4.78 is 11.1. The van der Waals surface area contributed by atoms with Crippen LogP contribution in [0.5, 0.6) is 11.5 Å². The summed E-state index contributed by atoms with van der Waals surface area (Å²) in [5, 5.41) is 4.67. The van der Waals surface area contributed by atoms with E-state index in [-0.39, 0.29) is 43.2 Å². The maximum atomic E-state index is 12.3. The molecule has 28 heavy (non-hydrogen) atoms. The number of amides is 1. The van der Waals surface area contributed by atoms with Gasteiger partial charge in [-0.2, -0.15) is 0 Å². The molecule has 148 valence electrons. The molecule has 0 saturated carbocycles. The molecule has 1 aromatic carbocycles. The summed E-state index contributed by atoms with van der Waals surface area (Å²) in [5.74, 6) is 0.896. The maximum absolute atomic E-state index is 12.3. The number of hydrogen-bond donors (Lipinski definition) is 1. The number of fused-ring (bicyclic) bond motifs is 1. The van der Waals surface area contributed by atoms with Crippen LogP contribution in [0.4, 0.5) is 5.69 Å². The lowest BCUT2D eigenvalue weighted by Gasteiger charge is -2.21. The van der Waals surface area contributed by atoms with Gasteiger partial charge in [-0.3, -0.25) is 14.4 Å². The van der Waals surface area contributed by atoms with Crippen molar-refractivity contribution in [2.45, 2.75) is 30.6 Å². The summed E-state index contributed by atoms with van der Waals surface area (Å²) in [6, 6.07) is 7.15. The third kappa shape index (κ3) is 5.36. The Balaban J connectivity index is 1.49. The zero-order valence-electron chi connectivity index (χ0n) is 15.5. The lowest BCUT2D eigenvalue weighted by atomic mass is 10.1. The molecule has 0 spiro atoms. The van der Waals surface area contributed by atoms with Crippen LogP contribution < -0.4 is 14.8 Å². The van der Waals surface area contributed by atoms with Gasteiger partial charge < -0.3 is 14.8 Å². The molecule has 0 aliphatic carbocycles. The number of thioether (sulfide) groups is 1. The molecule has 1 aromatic heterocycles. The van der Waals surface area contributed by atoms with E-state index >= 15 is 0 Å². The Morgan fingerprint density at radius 1 is 1.07 bits per heavy atom. The molecule has 1 N–H and O–H groups in total. The third-order valence-corrected chi connectivity index (χ3v) is 5.88. The highest BCUT2D eigenvalue weighted by molar-refractivity contribution is 7.98. The van der Waals surface area contributed by atoms with Crippen molar-refractivity contribution < 1.29 is 23.9 Å². The van der Waals surface area contributed by atoms with E-state index in [1.165, 1.54) is 23.1 Å². The van der Waals surface area contributed by atoms with Crippen LogP contribution in [0, 0.1) is 0 Å². The first-order chi connectivity index (χ1) is 13.6. The smallest absolute Gasteiger partial charge is 0.224 e. The second kappa shape index (κ2) is 9.75. The molecule has 6 nitrogen and oxygen atoms in total. The van der Waals surface area contributed by atoms with Crippen LogP contribution in [-0.4, -0.2) is 36.9 Å². The molecule has 8 heteroatoms. The predicted molar refractivity (Wildman–Crippen MR) is 110 cm³/mol. The van der Waals surface area contributed by atoms with Crippen molar-refractivity contribution >= 4 is 46.3 Å². The van der Waals surface area contributed by atoms with Crippen molar-refractivity contribution in [2.75, 3.05) is 24.8 Å². The van der Waals surface area contributed by atoms with Gasteiger partial charge in [0.1, 0.15) is 19.0 Å². The second-order valence-corrected chi connectivity index (χ2v) is 7.98. The molecule has 0 unspecified atom stereocenters. The number of carbonyl (C=O) groups is 3. The Morgan fingerprint density at radius 2 is 1.79 bits per heavy atom. The average Bonchev–Trinajstić information content (AvgIpc) is 3.25. The summed E-state index contributed by atoms with van der Waals surface area (Å²) >= 11 is 2.86. The van der Waals surface area contributed by atoms with Gasteiger partial charge in [-0.05, 0) is 23.8 Å². The normalized spacial score (nSPS) is 12.5. The minimum atomic E-state index is -0.245. The number of benzene rings is 1. The number of rotatable bonds is 9. The molecule has 3 rings (SSSR count). The lowest BCUT2D eigenvalue weighted by Crippen LogP contribution is -2.17. The van der Waals surface area contributed by atoms with Gasteiger partial charge in [0.05, 0.1) is 10.6 Å². The number of nitrogens with one attached hydrogen (secondary N) is 1. The number of ketones is 2. The first kappa shape index (κ1) is 20.4. The number of thiophene rings is 1. The molecule has 2 heterocycles. The van der Waals surface area contributed by atoms with Crippen LogP contribution in [0.1, 0.15) is 35.4 Å². The van der Waals surface area contributed by atoms with Gasteiger partial charge in [0, 0.05) is 36.6 Å². The van der Waals surface area contributed by atoms with Crippen molar-refractivity contribution in [3.05, 3.63) is 34.5 Å². The quantitative estimate of drug-likeness (QED) is 0.485. The Morgan fingerprint density at radius 3 is 2.46 bits per heavy atom. The van der Waals surface area contributed by atoms with E-state index in [9.17, 15) is 14.4 Å². The number of Topliss-reactive ketones (excluding diaryl/α,β-unsaturated/α-hetero) is 2. The molecule has 0 bridgehead atoms. The van der Waals surface area contributed by atoms with Gasteiger partial charge in [0.15, 0.2) is 17.3 Å². The van der Waals surface area contributed by atoms with Gasteiger partial charge in [0.2, 0.25) is 5.91 Å². The fourth-order valence-electron chi connectivity index (χ4n) is 2.74. The molecule has 1 amide bonds. The van der Waals surface area contributed by atoms with Crippen LogP contribution in [-0.2, 0) is 9.59 Å². The van der Waals surface area contributed by atoms with Crippen LogP contribution in [0.2, 0.25) is 0 Å². The van der Waals surface area contributed by atoms with E-state index in [0.29, 0.717) is 35.3 Å². The van der Waals surface area contributed by atoms with Crippen LogP contribution in [0.25, 0.3) is 0 Å². The Kier molecular flexibility index (Phi) is 7.11. The minimum Gasteiger partial charge on any atom is -0.486 e. The Hall–Kier alpha value is -2.32. The molecular weight excluding hydrogens is 398 g/mol. The summed E-state index contributed by atoms with van der Waals surface area (Å²) in [7, 11) is 0. The van der Waals surface area contributed by atoms with Gasteiger partial charge in [-0.25, -0.2) is 0 Å². The van der Waals surface area contributed by atoms with E-state index in [4.69, 9.17) is 9.47 Å². The summed E-state index contributed by atoms with van der Waals surface area (Å²) in [6.07, 6.45) is 2.44. The van der Waals surface area contributed by atoms with Crippen molar-refractivity contribution in [3.8, 4) is 11.5 Å². The SMILES string of the molecule is CSc1cc2c(cc1NC(=O)CCC(=O)CCC(=O)c1cccs1)OCCO2. The van der Waals surface area contributed by atoms with Crippen molar-refractivity contribution in [2.24, 2.45) is 0 Å². The standard InChI is InChI=1S/C20H21NO5S2/c1-27-19-12-17-16(25-8-9-26-17)11-14(19)21-20(24)7-5-13(22)4-6-15(23)18-3-2-10-28-18/h2-3,10-12H,4-9H2,1H3,(H,21,24). The number of carbonyl (C=O) groups excluding carboxylic acids is 3. The van der Waals surface area contributed by atoms with E-state index < -0.39 is 0 Å². The van der Waals surface area contributed by atoms with Gasteiger partial charge >= 0.3 is 0 Å². The van der Waals surface area contributed by atoms with E-state index in [0.717, 1.165) is 4.90 Å². The average molecular weight is 420 g/mol. The number of anilines is 1. The molecule has 2 aromatic rings. The van der Waals surface area contributed by atoms with Crippen LogP contribution in [0.3, 0.4) is 0 Å². The highest BCUT2D eigenvalue weighted by Crippen LogP contribution is 2.39. The van der Waals surface area contributed by atoms with E-state index in [1.807, 2.05) is 23.8 Å². The second-order valence-electron chi connectivity index (χ2n) is 6.18. The Bertz CT molecular complexity index is 864. The summed E-state index contributed by atoms with van der Waals surface area (Å²) in [4.78, 5) is 37.7. The zero-order chi connectivity index (χ0) is 19.9. The molecule has 0 fully saturated rings. The van der Waals surface area contributed by atoms with E-state index in [1.54, 1.807) is 12.1 Å². The number of hydrogen-bond acceptors (Lipinski definition) is 7. The van der Waals surface area contributed by atoms with Gasteiger partial charge in [0.25, 0.3) is 0 Å². The van der Waals surface area contributed by atoms with E-state index in [2.05, 4.69) is 5.32 Å². The van der Waals surface area contributed by atoms with Crippen molar-refractivity contribution in [1.82, 2.24) is 0 Å². The largest absolute Gasteiger partial charge is 0.486 e. The monoisotopic (exact) mass is 419 g/mol. The van der Waals surface area contributed by atoms with Crippen LogP contribution in [0.15, 0.2) is 34.5 Å². The predicted octanol–water partition coefficient (Wildman–Crippen LogP) is 4.19. The molecule has 0 saturated heterocycles. The fourth-order valence-corrected chi connectivity index (χ4v) is 3.99.